The molecule has 0 atom stereocenters. The summed E-state index contributed by atoms with van der Waals surface area (Å²) in [5, 5.41) is 10.4. The van der Waals surface area contributed by atoms with E-state index in [4.69, 9.17) is 17.3 Å². The summed E-state index contributed by atoms with van der Waals surface area (Å²) in [5.74, 6) is -0.625. The number of amides is 1. The van der Waals surface area contributed by atoms with Crippen molar-refractivity contribution >= 4 is 23.2 Å². The molecule has 0 aliphatic carbocycles. The second-order valence-electron chi connectivity index (χ2n) is 2.60. The number of carbonyl (C=O) groups excluding carboxylic acids is 1. The fourth-order valence-corrected chi connectivity index (χ4v) is 1.26. The van der Waals surface area contributed by atoms with Gasteiger partial charge in [0.2, 0.25) is 5.91 Å². The van der Waals surface area contributed by atoms with Crippen LogP contribution >= 0.6 is 11.6 Å². The van der Waals surface area contributed by atoms with Crippen molar-refractivity contribution in [3.8, 4) is 0 Å². The lowest BCUT2D eigenvalue weighted by Gasteiger charge is -2.02. The first-order valence-electron chi connectivity index (χ1n) is 3.69. The number of alkyl halides is 1. The van der Waals surface area contributed by atoms with Crippen LogP contribution in [0.5, 0.6) is 0 Å². The Kier molecular flexibility index (Phi) is 3.03. The highest BCUT2D eigenvalue weighted by Gasteiger charge is 2.13. The van der Waals surface area contributed by atoms with Crippen molar-refractivity contribution in [2.24, 2.45) is 5.73 Å². The third-order valence-corrected chi connectivity index (χ3v) is 2.00. The normalized spacial score (nSPS) is 9.79. The Balaban J connectivity index is 3.27. The van der Waals surface area contributed by atoms with Crippen molar-refractivity contribution in [2.45, 2.75) is 5.88 Å². The van der Waals surface area contributed by atoms with Crippen molar-refractivity contribution in [3.63, 3.8) is 0 Å². The van der Waals surface area contributed by atoms with E-state index in [0.717, 1.165) is 6.07 Å². The standard InChI is InChI=1S/C8H7ClN2O3/c9-4-5-1-2-6(11(13)14)3-7(5)8(10)12/h1-3H,4H2,(H2,10,12). The topological polar surface area (TPSA) is 86.2 Å². The summed E-state index contributed by atoms with van der Waals surface area (Å²) >= 11 is 5.53. The molecule has 6 heteroatoms. The Hall–Kier alpha value is -1.62. The zero-order chi connectivity index (χ0) is 10.7. The Bertz CT molecular complexity index is 392. The smallest absolute Gasteiger partial charge is 0.270 e. The van der Waals surface area contributed by atoms with E-state index in [0.29, 0.717) is 5.56 Å². The minimum atomic E-state index is -0.718. The molecule has 0 aliphatic heterocycles. The molecule has 0 spiro atoms. The Morgan fingerprint density at radius 3 is 2.64 bits per heavy atom. The summed E-state index contributed by atoms with van der Waals surface area (Å²) in [6.45, 7) is 0. The van der Waals surface area contributed by atoms with Crippen LogP contribution in [0.2, 0.25) is 0 Å². The summed E-state index contributed by atoms with van der Waals surface area (Å²) < 4.78 is 0. The maximum Gasteiger partial charge on any atom is 0.270 e. The number of rotatable bonds is 3. The molecule has 0 bridgehead atoms. The van der Waals surface area contributed by atoms with Gasteiger partial charge in [0.15, 0.2) is 0 Å². The molecular weight excluding hydrogens is 208 g/mol. The van der Waals surface area contributed by atoms with Gasteiger partial charge in [0.1, 0.15) is 0 Å². The van der Waals surface area contributed by atoms with Gasteiger partial charge in [0.05, 0.1) is 10.5 Å². The quantitative estimate of drug-likeness (QED) is 0.469. The average Bonchev–Trinajstić information content (AvgIpc) is 2.16. The molecule has 0 aromatic heterocycles. The summed E-state index contributed by atoms with van der Waals surface area (Å²) in [4.78, 5) is 20.7. The highest BCUT2D eigenvalue weighted by Crippen LogP contribution is 2.18. The number of nitro groups is 1. The van der Waals surface area contributed by atoms with Gasteiger partial charge in [0.25, 0.3) is 5.69 Å². The SMILES string of the molecule is NC(=O)c1cc([N+](=O)[O-])ccc1CCl. The molecule has 14 heavy (non-hydrogen) atoms. The largest absolute Gasteiger partial charge is 0.366 e. The number of primary amides is 1. The van der Waals surface area contributed by atoms with Crippen LogP contribution in [0.1, 0.15) is 15.9 Å². The molecule has 1 aromatic rings. The minimum Gasteiger partial charge on any atom is -0.366 e. The number of non-ortho nitro benzene ring substituents is 1. The van der Waals surface area contributed by atoms with Crippen molar-refractivity contribution in [3.05, 3.63) is 39.4 Å². The van der Waals surface area contributed by atoms with Gasteiger partial charge in [-0.3, -0.25) is 14.9 Å². The second kappa shape index (κ2) is 4.06. The number of nitrogens with two attached hydrogens (primary N) is 1. The third-order valence-electron chi connectivity index (χ3n) is 1.71. The summed E-state index contributed by atoms with van der Waals surface area (Å²) in [5.41, 5.74) is 5.45. The lowest BCUT2D eigenvalue weighted by molar-refractivity contribution is -0.384. The zero-order valence-corrected chi connectivity index (χ0v) is 7.82. The number of halogens is 1. The molecule has 0 fully saturated rings. The van der Waals surface area contributed by atoms with Crippen molar-refractivity contribution in [1.29, 1.82) is 0 Å². The second-order valence-corrected chi connectivity index (χ2v) is 2.86. The Morgan fingerprint density at radius 1 is 1.57 bits per heavy atom. The molecule has 2 N–H and O–H groups in total. The van der Waals surface area contributed by atoms with Gasteiger partial charge in [0, 0.05) is 18.0 Å². The molecule has 0 saturated carbocycles. The van der Waals surface area contributed by atoms with E-state index in [-0.39, 0.29) is 17.1 Å². The first-order chi connectivity index (χ1) is 6.56. The van der Waals surface area contributed by atoms with Crippen molar-refractivity contribution in [1.82, 2.24) is 0 Å². The minimum absolute atomic E-state index is 0.0919. The fraction of sp³-hybridized carbons (Fsp3) is 0.125. The van der Waals surface area contributed by atoms with Crippen molar-refractivity contribution < 1.29 is 9.72 Å². The van der Waals surface area contributed by atoms with Gasteiger partial charge in [-0.15, -0.1) is 11.6 Å². The van der Waals surface area contributed by atoms with Gasteiger partial charge in [-0.1, -0.05) is 6.07 Å². The molecule has 74 valence electrons. The van der Waals surface area contributed by atoms with Gasteiger partial charge in [-0.2, -0.15) is 0 Å². The first kappa shape index (κ1) is 10.5. The third kappa shape index (κ3) is 2.00. The Labute approximate surface area is 84.6 Å². The molecule has 1 amide bonds. The van der Waals surface area contributed by atoms with E-state index in [1.54, 1.807) is 0 Å². The highest BCUT2D eigenvalue weighted by atomic mass is 35.5. The summed E-state index contributed by atoms with van der Waals surface area (Å²) in [6.07, 6.45) is 0. The van der Waals surface area contributed by atoms with Crippen LogP contribution in [0.3, 0.4) is 0 Å². The molecular formula is C8H7ClN2O3. The first-order valence-corrected chi connectivity index (χ1v) is 4.22. The monoisotopic (exact) mass is 214 g/mol. The average molecular weight is 215 g/mol. The van der Waals surface area contributed by atoms with E-state index in [1.165, 1.54) is 12.1 Å². The van der Waals surface area contributed by atoms with Crippen LogP contribution < -0.4 is 5.73 Å². The Morgan fingerprint density at radius 2 is 2.21 bits per heavy atom. The van der Waals surface area contributed by atoms with E-state index >= 15 is 0 Å². The van der Waals surface area contributed by atoms with E-state index in [1.807, 2.05) is 0 Å². The number of hydrogen-bond acceptors (Lipinski definition) is 3. The number of benzene rings is 1. The summed E-state index contributed by atoms with van der Waals surface area (Å²) in [6, 6.07) is 3.83. The molecule has 1 aromatic carbocycles. The zero-order valence-electron chi connectivity index (χ0n) is 7.07. The molecule has 0 radical (unpaired) electrons. The fourth-order valence-electron chi connectivity index (χ4n) is 1.02. The number of carbonyl (C=O) groups is 1. The van der Waals surface area contributed by atoms with Gasteiger partial charge < -0.3 is 5.73 Å². The number of nitro benzene ring substituents is 1. The van der Waals surface area contributed by atoms with Crippen LogP contribution in [-0.2, 0) is 5.88 Å². The maximum atomic E-state index is 10.9. The maximum absolute atomic E-state index is 10.9. The van der Waals surface area contributed by atoms with Crippen LogP contribution in [0.15, 0.2) is 18.2 Å². The van der Waals surface area contributed by atoms with E-state index < -0.39 is 10.8 Å². The predicted molar refractivity (Wildman–Crippen MR) is 51.2 cm³/mol. The van der Waals surface area contributed by atoms with Crippen LogP contribution in [0.4, 0.5) is 5.69 Å². The lowest BCUT2D eigenvalue weighted by atomic mass is 10.1. The number of nitrogens with zero attached hydrogens (tertiary/aromatic N) is 1. The van der Waals surface area contributed by atoms with Crippen LogP contribution in [-0.4, -0.2) is 10.8 Å². The molecule has 0 aliphatic rings. The van der Waals surface area contributed by atoms with Gasteiger partial charge in [-0.05, 0) is 5.56 Å². The van der Waals surface area contributed by atoms with E-state index in [2.05, 4.69) is 0 Å². The van der Waals surface area contributed by atoms with Crippen LogP contribution in [0.25, 0.3) is 0 Å². The van der Waals surface area contributed by atoms with Crippen LogP contribution in [0, 0.1) is 10.1 Å². The predicted octanol–water partition coefficient (Wildman–Crippen LogP) is 1.43. The molecule has 0 saturated heterocycles. The van der Waals surface area contributed by atoms with E-state index in [9.17, 15) is 14.9 Å². The molecule has 0 unspecified atom stereocenters. The van der Waals surface area contributed by atoms with Gasteiger partial charge >= 0.3 is 0 Å². The molecule has 1 rings (SSSR count). The summed E-state index contributed by atoms with van der Waals surface area (Å²) in [7, 11) is 0. The lowest BCUT2D eigenvalue weighted by Crippen LogP contribution is -2.13. The molecule has 0 heterocycles. The highest BCUT2D eigenvalue weighted by molar-refractivity contribution is 6.17. The van der Waals surface area contributed by atoms with Gasteiger partial charge in [-0.25, -0.2) is 0 Å². The molecule has 5 nitrogen and oxygen atoms in total. The number of hydrogen-bond donors (Lipinski definition) is 1. The van der Waals surface area contributed by atoms with Crippen molar-refractivity contribution in [2.75, 3.05) is 0 Å².